The summed E-state index contributed by atoms with van der Waals surface area (Å²) in [4.78, 5) is 14.7. The molecule has 26 heavy (non-hydrogen) atoms. The molecular formula is C19H23N5O2. The summed E-state index contributed by atoms with van der Waals surface area (Å²) in [7, 11) is 0. The molecule has 1 amide bonds. The molecule has 2 aliphatic rings. The Morgan fingerprint density at radius 3 is 2.54 bits per heavy atom. The van der Waals surface area contributed by atoms with E-state index >= 15 is 0 Å². The molecule has 2 aromatic rings. The highest BCUT2D eigenvalue weighted by molar-refractivity contribution is 6.01. The fourth-order valence-corrected chi connectivity index (χ4v) is 3.43. The molecule has 7 nitrogen and oxygen atoms in total. The molecule has 3 heterocycles. The van der Waals surface area contributed by atoms with Crippen LogP contribution in [0.25, 0.3) is 0 Å². The molecule has 0 radical (unpaired) electrons. The Kier molecular flexibility index (Phi) is 5.08. The highest BCUT2D eigenvalue weighted by Gasteiger charge is 2.30. The Morgan fingerprint density at radius 1 is 1.08 bits per heavy atom. The van der Waals surface area contributed by atoms with Crippen molar-refractivity contribution in [3.8, 4) is 5.75 Å². The molecule has 0 aliphatic carbocycles. The molecule has 2 N–H and O–H groups in total. The van der Waals surface area contributed by atoms with Crippen molar-refractivity contribution in [2.75, 3.05) is 31.1 Å². The number of carbonyl (C=O) groups excluding carboxylic acids is 1. The van der Waals surface area contributed by atoms with Gasteiger partial charge in [0, 0.05) is 19.3 Å². The standard InChI is InChI=1S/C19H23N5O2/c25-19(14-7-10-20-12-14)24(18-2-1-9-22-23-18)15-3-5-16(6-4-15)26-17-8-11-21-13-17/h1-6,9,14,17,20-21H,7-8,10-13H2/t14-,17+/m0/s1. The fraction of sp³-hybridized carbons (Fsp3) is 0.421. The molecule has 2 atom stereocenters. The molecule has 1 aromatic heterocycles. The number of hydrogen-bond donors (Lipinski definition) is 2. The largest absolute Gasteiger partial charge is 0.489 e. The molecule has 4 rings (SSSR count). The van der Waals surface area contributed by atoms with Gasteiger partial charge in [0.1, 0.15) is 11.9 Å². The summed E-state index contributed by atoms with van der Waals surface area (Å²) in [6.07, 6.45) is 3.67. The van der Waals surface area contributed by atoms with Crippen LogP contribution in [-0.2, 0) is 4.79 Å². The van der Waals surface area contributed by atoms with Crippen LogP contribution in [0, 0.1) is 5.92 Å². The van der Waals surface area contributed by atoms with Gasteiger partial charge in [0.2, 0.25) is 5.91 Å². The van der Waals surface area contributed by atoms with E-state index in [0.29, 0.717) is 12.4 Å². The Bertz CT molecular complexity index is 725. The van der Waals surface area contributed by atoms with E-state index in [1.807, 2.05) is 30.3 Å². The molecule has 7 heteroatoms. The highest BCUT2D eigenvalue weighted by atomic mass is 16.5. The first-order chi connectivity index (χ1) is 12.8. The van der Waals surface area contributed by atoms with Gasteiger partial charge in [-0.05, 0) is 62.3 Å². The van der Waals surface area contributed by atoms with E-state index in [1.165, 1.54) is 0 Å². The van der Waals surface area contributed by atoms with E-state index in [4.69, 9.17) is 4.74 Å². The second-order valence-corrected chi connectivity index (χ2v) is 6.67. The Labute approximate surface area is 152 Å². The van der Waals surface area contributed by atoms with Gasteiger partial charge in [-0.1, -0.05) is 0 Å². The number of benzene rings is 1. The number of hydrogen-bond acceptors (Lipinski definition) is 6. The number of amides is 1. The lowest BCUT2D eigenvalue weighted by Crippen LogP contribution is -2.34. The number of ether oxygens (including phenoxy) is 1. The van der Waals surface area contributed by atoms with Crippen molar-refractivity contribution in [3.63, 3.8) is 0 Å². The third-order valence-electron chi connectivity index (χ3n) is 4.83. The zero-order valence-corrected chi connectivity index (χ0v) is 14.6. The minimum Gasteiger partial charge on any atom is -0.489 e. The van der Waals surface area contributed by atoms with Crippen molar-refractivity contribution in [3.05, 3.63) is 42.6 Å². The lowest BCUT2D eigenvalue weighted by molar-refractivity contribution is -0.121. The first kappa shape index (κ1) is 16.9. The molecule has 0 bridgehead atoms. The second-order valence-electron chi connectivity index (χ2n) is 6.67. The minimum atomic E-state index is -0.0440. The summed E-state index contributed by atoms with van der Waals surface area (Å²) < 4.78 is 5.97. The van der Waals surface area contributed by atoms with E-state index in [2.05, 4.69) is 20.8 Å². The first-order valence-electron chi connectivity index (χ1n) is 9.11. The maximum absolute atomic E-state index is 13.1. The van der Waals surface area contributed by atoms with Crippen LogP contribution >= 0.6 is 0 Å². The van der Waals surface area contributed by atoms with Crippen molar-refractivity contribution >= 4 is 17.4 Å². The lowest BCUT2D eigenvalue weighted by Gasteiger charge is -2.24. The van der Waals surface area contributed by atoms with Crippen molar-refractivity contribution in [1.82, 2.24) is 20.8 Å². The van der Waals surface area contributed by atoms with Gasteiger partial charge in [0.05, 0.1) is 11.6 Å². The fourth-order valence-electron chi connectivity index (χ4n) is 3.43. The number of nitrogens with one attached hydrogen (secondary N) is 2. The molecule has 2 aliphatic heterocycles. The molecule has 1 aromatic carbocycles. The Hall–Kier alpha value is -2.51. The topological polar surface area (TPSA) is 79.4 Å². The predicted molar refractivity (Wildman–Crippen MR) is 98.5 cm³/mol. The minimum absolute atomic E-state index is 0.0440. The van der Waals surface area contributed by atoms with E-state index < -0.39 is 0 Å². The number of aromatic nitrogens is 2. The van der Waals surface area contributed by atoms with Crippen LogP contribution in [0.15, 0.2) is 42.6 Å². The number of anilines is 2. The summed E-state index contributed by atoms with van der Waals surface area (Å²) in [6.45, 7) is 3.44. The van der Waals surface area contributed by atoms with Crippen LogP contribution < -0.4 is 20.3 Å². The number of carbonyl (C=O) groups is 1. The van der Waals surface area contributed by atoms with Crippen molar-refractivity contribution in [1.29, 1.82) is 0 Å². The zero-order chi connectivity index (χ0) is 17.8. The van der Waals surface area contributed by atoms with E-state index in [9.17, 15) is 4.79 Å². The monoisotopic (exact) mass is 353 g/mol. The maximum Gasteiger partial charge on any atom is 0.237 e. The maximum atomic E-state index is 13.1. The van der Waals surface area contributed by atoms with Crippen molar-refractivity contribution < 1.29 is 9.53 Å². The SMILES string of the molecule is O=C([C@H]1CCNC1)N(c1ccc(O[C@@H]2CCNC2)cc1)c1cccnn1. The molecule has 136 valence electrons. The summed E-state index contributed by atoms with van der Waals surface area (Å²) >= 11 is 0. The first-order valence-corrected chi connectivity index (χ1v) is 9.11. The van der Waals surface area contributed by atoms with Gasteiger partial charge in [-0.25, -0.2) is 0 Å². The molecule has 2 fully saturated rings. The molecular weight excluding hydrogens is 330 g/mol. The van der Waals surface area contributed by atoms with Crippen LogP contribution in [-0.4, -0.2) is 48.4 Å². The Balaban J connectivity index is 1.57. The van der Waals surface area contributed by atoms with E-state index in [-0.39, 0.29) is 17.9 Å². The second kappa shape index (κ2) is 7.80. The van der Waals surface area contributed by atoms with E-state index in [1.54, 1.807) is 17.2 Å². The van der Waals surface area contributed by atoms with Gasteiger partial charge in [-0.15, -0.1) is 5.10 Å². The van der Waals surface area contributed by atoms with Crippen LogP contribution in [0.4, 0.5) is 11.5 Å². The van der Waals surface area contributed by atoms with E-state index in [0.717, 1.165) is 43.9 Å². The van der Waals surface area contributed by atoms with Crippen LogP contribution in [0.5, 0.6) is 5.75 Å². The van der Waals surface area contributed by atoms with Gasteiger partial charge in [0.15, 0.2) is 5.82 Å². The summed E-state index contributed by atoms with van der Waals surface area (Å²) in [5.74, 6) is 1.36. The van der Waals surface area contributed by atoms with Gasteiger partial charge >= 0.3 is 0 Å². The average Bonchev–Trinajstić information content (AvgIpc) is 3.38. The zero-order valence-electron chi connectivity index (χ0n) is 14.6. The molecule has 2 saturated heterocycles. The number of nitrogens with zero attached hydrogens (tertiary/aromatic N) is 3. The number of rotatable bonds is 5. The third-order valence-corrected chi connectivity index (χ3v) is 4.83. The molecule has 0 unspecified atom stereocenters. The van der Waals surface area contributed by atoms with Gasteiger partial charge in [0.25, 0.3) is 0 Å². The highest BCUT2D eigenvalue weighted by Crippen LogP contribution is 2.29. The van der Waals surface area contributed by atoms with Crippen LogP contribution in [0.3, 0.4) is 0 Å². The predicted octanol–water partition coefficient (Wildman–Crippen LogP) is 1.49. The van der Waals surface area contributed by atoms with Crippen LogP contribution in [0.2, 0.25) is 0 Å². The Morgan fingerprint density at radius 2 is 1.88 bits per heavy atom. The van der Waals surface area contributed by atoms with Crippen LogP contribution in [0.1, 0.15) is 12.8 Å². The average molecular weight is 353 g/mol. The quantitative estimate of drug-likeness (QED) is 0.848. The molecule has 0 saturated carbocycles. The summed E-state index contributed by atoms with van der Waals surface area (Å²) in [6, 6.07) is 11.2. The lowest BCUT2D eigenvalue weighted by atomic mass is 10.1. The smallest absolute Gasteiger partial charge is 0.237 e. The third kappa shape index (κ3) is 3.68. The molecule has 0 spiro atoms. The summed E-state index contributed by atoms with van der Waals surface area (Å²) in [5.41, 5.74) is 0.777. The normalized spacial score (nSPS) is 22.3. The van der Waals surface area contributed by atoms with Gasteiger partial charge < -0.3 is 15.4 Å². The van der Waals surface area contributed by atoms with Gasteiger partial charge in [-0.2, -0.15) is 5.10 Å². The van der Waals surface area contributed by atoms with Crippen molar-refractivity contribution in [2.24, 2.45) is 5.92 Å². The van der Waals surface area contributed by atoms with Crippen molar-refractivity contribution in [2.45, 2.75) is 18.9 Å². The van der Waals surface area contributed by atoms with Gasteiger partial charge in [-0.3, -0.25) is 9.69 Å². The summed E-state index contributed by atoms with van der Waals surface area (Å²) in [5, 5.41) is 14.6.